The Morgan fingerprint density at radius 3 is 2.16 bits per heavy atom. The summed E-state index contributed by atoms with van der Waals surface area (Å²) in [7, 11) is 0. The Bertz CT molecular complexity index is 503. The first kappa shape index (κ1) is 14.1. The third-order valence-corrected chi connectivity index (χ3v) is 3.43. The van der Waals surface area contributed by atoms with Crippen LogP contribution in [0.2, 0.25) is 5.02 Å². The highest BCUT2D eigenvalue weighted by Crippen LogP contribution is 2.16. The SMILES string of the molecule is CC(C)(Cc1ccc(Cl)cc1)NCc1ccccc1. The molecule has 0 saturated carbocycles. The Morgan fingerprint density at radius 1 is 0.895 bits per heavy atom. The summed E-state index contributed by atoms with van der Waals surface area (Å²) in [5, 5.41) is 4.40. The minimum atomic E-state index is 0.0592. The molecule has 2 aromatic rings. The predicted octanol–water partition coefficient (Wildman–Crippen LogP) is 4.45. The van der Waals surface area contributed by atoms with Crippen molar-refractivity contribution in [2.75, 3.05) is 0 Å². The van der Waals surface area contributed by atoms with Crippen LogP contribution in [0.3, 0.4) is 0 Å². The van der Waals surface area contributed by atoms with E-state index in [1.54, 1.807) is 0 Å². The molecule has 0 fully saturated rings. The molecule has 0 radical (unpaired) electrons. The van der Waals surface area contributed by atoms with E-state index in [9.17, 15) is 0 Å². The van der Waals surface area contributed by atoms with Gasteiger partial charge in [-0.15, -0.1) is 0 Å². The van der Waals surface area contributed by atoms with Crippen LogP contribution in [-0.4, -0.2) is 5.54 Å². The maximum absolute atomic E-state index is 5.91. The van der Waals surface area contributed by atoms with Crippen LogP contribution in [-0.2, 0) is 13.0 Å². The van der Waals surface area contributed by atoms with Crippen LogP contribution in [0.4, 0.5) is 0 Å². The molecule has 2 aromatic carbocycles. The number of benzene rings is 2. The van der Waals surface area contributed by atoms with Gasteiger partial charge < -0.3 is 5.32 Å². The summed E-state index contributed by atoms with van der Waals surface area (Å²) in [5.74, 6) is 0. The molecule has 0 atom stereocenters. The minimum absolute atomic E-state index is 0.0592. The van der Waals surface area contributed by atoms with Crippen molar-refractivity contribution in [3.8, 4) is 0 Å². The number of nitrogens with one attached hydrogen (secondary N) is 1. The van der Waals surface area contributed by atoms with Crippen LogP contribution in [0, 0.1) is 0 Å². The topological polar surface area (TPSA) is 12.0 Å². The highest BCUT2D eigenvalue weighted by molar-refractivity contribution is 6.30. The van der Waals surface area contributed by atoms with E-state index in [0.717, 1.165) is 18.0 Å². The van der Waals surface area contributed by atoms with Crippen LogP contribution in [0.15, 0.2) is 54.6 Å². The van der Waals surface area contributed by atoms with E-state index in [-0.39, 0.29) is 5.54 Å². The van der Waals surface area contributed by atoms with Gasteiger partial charge in [-0.2, -0.15) is 0 Å². The third-order valence-electron chi connectivity index (χ3n) is 3.17. The molecule has 19 heavy (non-hydrogen) atoms. The van der Waals surface area contributed by atoms with E-state index in [1.807, 2.05) is 18.2 Å². The summed E-state index contributed by atoms with van der Waals surface area (Å²) in [6.45, 7) is 5.34. The lowest BCUT2D eigenvalue weighted by Crippen LogP contribution is -2.40. The first-order valence-corrected chi connectivity index (χ1v) is 6.96. The van der Waals surface area contributed by atoms with Gasteiger partial charge in [0.25, 0.3) is 0 Å². The van der Waals surface area contributed by atoms with Gasteiger partial charge in [0.2, 0.25) is 0 Å². The molecule has 0 amide bonds. The molecule has 0 saturated heterocycles. The Balaban J connectivity index is 1.93. The number of hydrogen-bond donors (Lipinski definition) is 1. The zero-order valence-corrected chi connectivity index (χ0v) is 12.2. The molecule has 0 aliphatic heterocycles. The Hall–Kier alpha value is -1.31. The van der Waals surface area contributed by atoms with E-state index in [2.05, 4.69) is 55.6 Å². The average Bonchev–Trinajstić information content (AvgIpc) is 2.40. The molecule has 0 aliphatic carbocycles. The van der Waals surface area contributed by atoms with Gasteiger partial charge >= 0.3 is 0 Å². The number of halogens is 1. The zero-order valence-electron chi connectivity index (χ0n) is 11.5. The number of rotatable bonds is 5. The van der Waals surface area contributed by atoms with E-state index in [4.69, 9.17) is 11.6 Å². The smallest absolute Gasteiger partial charge is 0.0406 e. The highest BCUT2D eigenvalue weighted by atomic mass is 35.5. The fourth-order valence-electron chi connectivity index (χ4n) is 2.11. The molecule has 0 aromatic heterocycles. The molecule has 0 unspecified atom stereocenters. The molecular formula is C17H20ClN. The fraction of sp³-hybridized carbons (Fsp3) is 0.294. The molecule has 0 heterocycles. The predicted molar refractivity (Wildman–Crippen MR) is 82.5 cm³/mol. The standard InChI is InChI=1S/C17H20ClN/c1-17(2,12-14-8-10-16(18)11-9-14)19-13-15-6-4-3-5-7-15/h3-11,19H,12-13H2,1-2H3. The van der Waals surface area contributed by atoms with Gasteiger partial charge in [-0.05, 0) is 43.5 Å². The third kappa shape index (κ3) is 4.70. The molecule has 1 N–H and O–H groups in total. The van der Waals surface area contributed by atoms with Crippen LogP contribution < -0.4 is 5.32 Å². The number of hydrogen-bond acceptors (Lipinski definition) is 1. The molecular weight excluding hydrogens is 254 g/mol. The maximum Gasteiger partial charge on any atom is 0.0406 e. The quantitative estimate of drug-likeness (QED) is 0.849. The summed E-state index contributed by atoms with van der Waals surface area (Å²) < 4.78 is 0. The van der Waals surface area contributed by atoms with Gasteiger partial charge in [-0.25, -0.2) is 0 Å². The van der Waals surface area contributed by atoms with Crippen LogP contribution in [0.25, 0.3) is 0 Å². The lowest BCUT2D eigenvalue weighted by Gasteiger charge is -2.26. The van der Waals surface area contributed by atoms with Crippen molar-refractivity contribution in [3.05, 3.63) is 70.7 Å². The normalized spacial score (nSPS) is 11.5. The summed E-state index contributed by atoms with van der Waals surface area (Å²) >= 11 is 5.91. The van der Waals surface area contributed by atoms with Crippen molar-refractivity contribution in [1.29, 1.82) is 0 Å². The van der Waals surface area contributed by atoms with Crippen molar-refractivity contribution >= 4 is 11.6 Å². The molecule has 0 spiro atoms. The largest absolute Gasteiger partial charge is 0.307 e. The van der Waals surface area contributed by atoms with Gasteiger partial charge in [-0.1, -0.05) is 54.1 Å². The maximum atomic E-state index is 5.91. The van der Waals surface area contributed by atoms with Crippen LogP contribution in [0.5, 0.6) is 0 Å². The second kappa shape index (κ2) is 6.23. The zero-order chi connectivity index (χ0) is 13.7. The monoisotopic (exact) mass is 273 g/mol. The Kier molecular flexibility index (Phi) is 4.62. The van der Waals surface area contributed by atoms with Crippen molar-refractivity contribution in [1.82, 2.24) is 5.32 Å². The second-order valence-corrected chi connectivity index (χ2v) is 5.96. The molecule has 100 valence electrons. The minimum Gasteiger partial charge on any atom is -0.307 e. The van der Waals surface area contributed by atoms with Gasteiger partial charge in [0.1, 0.15) is 0 Å². The lowest BCUT2D eigenvalue weighted by molar-refractivity contribution is 0.384. The molecule has 2 heteroatoms. The van der Waals surface area contributed by atoms with Crippen molar-refractivity contribution in [3.63, 3.8) is 0 Å². The van der Waals surface area contributed by atoms with E-state index in [1.165, 1.54) is 11.1 Å². The van der Waals surface area contributed by atoms with Gasteiger partial charge in [0, 0.05) is 17.1 Å². The highest BCUT2D eigenvalue weighted by Gasteiger charge is 2.17. The summed E-state index contributed by atoms with van der Waals surface area (Å²) in [5.41, 5.74) is 2.67. The first-order valence-electron chi connectivity index (χ1n) is 6.59. The van der Waals surface area contributed by atoms with Crippen LogP contribution >= 0.6 is 11.6 Å². The first-order chi connectivity index (χ1) is 9.05. The van der Waals surface area contributed by atoms with Gasteiger partial charge in [-0.3, -0.25) is 0 Å². The van der Waals surface area contributed by atoms with E-state index in [0.29, 0.717) is 0 Å². The molecule has 0 aliphatic rings. The lowest BCUT2D eigenvalue weighted by atomic mass is 9.94. The Morgan fingerprint density at radius 2 is 1.53 bits per heavy atom. The van der Waals surface area contributed by atoms with Crippen molar-refractivity contribution in [2.24, 2.45) is 0 Å². The second-order valence-electron chi connectivity index (χ2n) is 5.53. The summed E-state index contributed by atoms with van der Waals surface area (Å²) in [6.07, 6.45) is 0.983. The van der Waals surface area contributed by atoms with Gasteiger partial charge in [0.15, 0.2) is 0 Å². The van der Waals surface area contributed by atoms with Crippen molar-refractivity contribution < 1.29 is 0 Å². The van der Waals surface area contributed by atoms with Crippen molar-refractivity contribution in [2.45, 2.75) is 32.4 Å². The molecule has 1 nitrogen and oxygen atoms in total. The van der Waals surface area contributed by atoms with E-state index < -0.39 is 0 Å². The van der Waals surface area contributed by atoms with Gasteiger partial charge in [0.05, 0.1) is 0 Å². The average molecular weight is 274 g/mol. The summed E-state index contributed by atoms with van der Waals surface area (Å²) in [6, 6.07) is 18.6. The van der Waals surface area contributed by atoms with E-state index >= 15 is 0 Å². The van der Waals surface area contributed by atoms with Crippen LogP contribution in [0.1, 0.15) is 25.0 Å². The molecule has 0 bridgehead atoms. The fourth-order valence-corrected chi connectivity index (χ4v) is 2.24. The molecule has 2 rings (SSSR count). The summed E-state index contributed by atoms with van der Waals surface area (Å²) in [4.78, 5) is 0. The Labute approximate surface area is 120 Å².